The Morgan fingerprint density at radius 3 is 2.56 bits per heavy atom. The van der Waals surface area contributed by atoms with E-state index in [0.717, 1.165) is 29.9 Å². The van der Waals surface area contributed by atoms with Gasteiger partial charge in [0.25, 0.3) is 0 Å². The molecule has 1 aliphatic heterocycles. The van der Waals surface area contributed by atoms with E-state index < -0.39 is 0 Å². The number of fused-ring (bicyclic) bond motifs is 1. The van der Waals surface area contributed by atoms with Crippen molar-refractivity contribution in [2.24, 2.45) is 17.8 Å². The lowest BCUT2D eigenvalue weighted by Gasteiger charge is -2.09. The summed E-state index contributed by atoms with van der Waals surface area (Å²) in [5, 5.41) is 12.0. The summed E-state index contributed by atoms with van der Waals surface area (Å²) < 4.78 is 0. The molecule has 1 aliphatic carbocycles. The van der Waals surface area contributed by atoms with Crippen molar-refractivity contribution >= 4 is 11.6 Å². The molecule has 2 aliphatic rings. The summed E-state index contributed by atoms with van der Waals surface area (Å²) in [6.45, 7) is 2.43. The van der Waals surface area contributed by atoms with Gasteiger partial charge in [-0.05, 0) is 62.2 Å². The third-order valence-corrected chi connectivity index (χ3v) is 4.14. The fourth-order valence-corrected chi connectivity index (χ4v) is 3.31. The first-order valence-corrected chi connectivity index (χ1v) is 6.38. The van der Waals surface area contributed by atoms with E-state index in [0.29, 0.717) is 5.15 Å². The highest BCUT2D eigenvalue weighted by Crippen LogP contribution is 2.39. The van der Waals surface area contributed by atoms with Gasteiger partial charge in [0, 0.05) is 0 Å². The van der Waals surface area contributed by atoms with Gasteiger partial charge in [-0.2, -0.15) is 5.10 Å². The van der Waals surface area contributed by atoms with E-state index in [2.05, 4.69) is 15.5 Å². The van der Waals surface area contributed by atoms with E-state index in [1.807, 2.05) is 12.1 Å². The lowest BCUT2D eigenvalue weighted by molar-refractivity contribution is 0.483. The molecular weight excluding hydrogens is 222 g/mol. The molecule has 1 aromatic heterocycles. The number of hydrogen-bond donors (Lipinski definition) is 1. The summed E-state index contributed by atoms with van der Waals surface area (Å²) >= 11 is 5.72. The molecule has 3 rings (SSSR count). The Hall–Kier alpha value is -0.670. The van der Waals surface area contributed by atoms with Crippen LogP contribution in [0.4, 0.5) is 0 Å². The molecule has 1 aromatic rings. The van der Waals surface area contributed by atoms with Crippen molar-refractivity contribution in [1.82, 2.24) is 15.5 Å². The fraction of sp³-hybridized carbons (Fsp3) is 0.667. The second kappa shape index (κ2) is 4.30. The number of nitrogens with zero attached hydrogens (tertiary/aromatic N) is 2. The van der Waals surface area contributed by atoms with E-state index in [4.69, 9.17) is 11.6 Å². The van der Waals surface area contributed by atoms with Crippen LogP contribution in [0.25, 0.3) is 0 Å². The van der Waals surface area contributed by atoms with Gasteiger partial charge < -0.3 is 5.32 Å². The number of rotatable bonds is 2. The standard InChI is InChI=1S/C12H16ClN3/c13-12-2-1-11(15-16-12)5-8-3-9-6-14-7-10(9)4-8/h1-2,8-10,14H,3-7H2/t8?,9-,10+. The molecule has 86 valence electrons. The summed E-state index contributed by atoms with van der Waals surface area (Å²) in [6, 6.07) is 3.84. The van der Waals surface area contributed by atoms with Crippen molar-refractivity contribution in [2.75, 3.05) is 13.1 Å². The Balaban J connectivity index is 1.62. The molecule has 0 spiro atoms. The molecule has 1 saturated carbocycles. The van der Waals surface area contributed by atoms with Gasteiger partial charge in [0.2, 0.25) is 0 Å². The zero-order valence-corrected chi connectivity index (χ0v) is 9.95. The van der Waals surface area contributed by atoms with Crippen LogP contribution in [0.3, 0.4) is 0 Å². The van der Waals surface area contributed by atoms with Crippen molar-refractivity contribution in [3.8, 4) is 0 Å². The van der Waals surface area contributed by atoms with Crippen LogP contribution in [0.2, 0.25) is 5.15 Å². The van der Waals surface area contributed by atoms with Gasteiger partial charge in [-0.3, -0.25) is 0 Å². The monoisotopic (exact) mass is 237 g/mol. The molecule has 2 fully saturated rings. The topological polar surface area (TPSA) is 37.8 Å². The molecule has 1 N–H and O–H groups in total. The number of aromatic nitrogens is 2. The second-order valence-corrected chi connectivity index (χ2v) is 5.45. The maximum atomic E-state index is 5.72. The quantitative estimate of drug-likeness (QED) is 0.854. The third-order valence-electron chi connectivity index (χ3n) is 3.94. The van der Waals surface area contributed by atoms with Gasteiger partial charge in [0.05, 0.1) is 5.69 Å². The average molecular weight is 238 g/mol. The summed E-state index contributed by atoms with van der Waals surface area (Å²) in [4.78, 5) is 0. The van der Waals surface area contributed by atoms with E-state index in [1.165, 1.54) is 25.9 Å². The molecule has 2 heterocycles. The van der Waals surface area contributed by atoms with E-state index in [1.54, 1.807) is 0 Å². The minimum atomic E-state index is 0.483. The number of halogens is 1. The van der Waals surface area contributed by atoms with Crippen LogP contribution in [-0.4, -0.2) is 23.3 Å². The van der Waals surface area contributed by atoms with Crippen molar-refractivity contribution in [3.63, 3.8) is 0 Å². The smallest absolute Gasteiger partial charge is 0.151 e. The van der Waals surface area contributed by atoms with Crippen LogP contribution in [0.1, 0.15) is 18.5 Å². The summed E-state index contributed by atoms with van der Waals surface area (Å²) in [5.74, 6) is 2.61. The van der Waals surface area contributed by atoms with Crippen molar-refractivity contribution < 1.29 is 0 Å². The van der Waals surface area contributed by atoms with Crippen LogP contribution in [0.15, 0.2) is 12.1 Å². The second-order valence-electron chi connectivity index (χ2n) is 5.07. The first-order valence-electron chi connectivity index (χ1n) is 6.00. The third kappa shape index (κ3) is 2.06. The average Bonchev–Trinajstić information content (AvgIpc) is 2.81. The zero-order valence-electron chi connectivity index (χ0n) is 9.19. The van der Waals surface area contributed by atoms with Crippen LogP contribution in [0, 0.1) is 17.8 Å². The molecule has 0 bridgehead atoms. The highest BCUT2D eigenvalue weighted by molar-refractivity contribution is 6.29. The van der Waals surface area contributed by atoms with E-state index in [9.17, 15) is 0 Å². The summed E-state index contributed by atoms with van der Waals surface area (Å²) in [5.41, 5.74) is 1.09. The SMILES string of the molecule is Clc1ccc(CC2C[C@H]3CNC[C@H]3C2)nn1. The molecule has 3 atom stereocenters. The predicted molar refractivity (Wildman–Crippen MR) is 63.3 cm³/mol. The highest BCUT2D eigenvalue weighted by atomic mass is 35.5. The molecule has 0 amide bonds. The van der Waals surface area contributed by atoms with Crippen molar-refractivity contribution in [1.29, 1.82) is 0 Å². The van der Waals surface area contributed by atoms with E-state index in [-0.39, 0.29) is 0 Å². The minimum Gasteiger partial charge on any atom is -0.316 e. The molecule has 3 nitrogen and oxygen atoms in total. The molecule has 1 unspecified atom stereocenters. The summed E-state index contributed by atoms with van der Waals surface area (Å²) in [7, 11) is 0. The lowest BCUT2D eigenvalue weighted by Crippen LogP contribution is -2.13. The van der Waals surface area contributed by atoms with Crippen LogP contribution >= 0.6 is 11.6 Å². The van der Waals surface area contributed by atoms with Crippen LogP contribution in [-0.2, 0) is 6.42 Å². The lowest BCUT2D eigenvalue weighted by atomic mass is 10.00. The minimum absolute atomic E-state index is 0.483. The molecule has 4 heteroatoms. The fourth-order valence-electron chi connectivity index (χ4n) is 3.21. The van der Waals surface area contributed by atoms with Gasteiger partial charge >= 0.3 is 0 Å². The van der Waals surface area contributed by atoms with Crippen molar-refractivity contribution in [3.05, 3.63) is 23.0 Å². The van der Waals surface area contributed by atoms with E-state index >= 15 is 0 Å². The molecule has 16 heavy (non-hydrogen) atoms. The zero-order chi connectivity index (χ0) is 11.0. The first kappa shape index (κ1) is 10.5. The largest absolute Gasteiger partial charge is 0.316 e. The molecule has 1 saturated heterocycles. The maximum absolute atomic E-state index is 5.72. The number of nitrogens with one attached hydrogen (secondary N) is 1. The summed E-state index contributed by atoms with van der Waals surface area (Å²) in [6.07, 6.45) is 3.76. The molecule has 0 radical (unpaired) electrons. The Bertz CT molecular complexity index is 353. The van der Waals surface area contributed by atoms with Crippen molar-refractivity contribution in [2.45, 2.75) is 19.3 Å². The van der Waals surface area contributed by atoms with Gasteiger partial charge in [-0.1, -0.05) is 11.6 Å². The van der Waals surface area contributed by atoms with Crippen LogP contribution < -0.4 is 5.32 Å². The van der Waals surface area contributed by atoms with Gasteiger partial charge in [-0.15, -0.1) is 5.10 Å². The Labute approximate surface area is 101 Å². The Kier molecular flexibility index (Phi) is 2.82. The van der Waals surface area contributed by atoms with Gasteiger partial charge in [-0.25, -0.2) is 0 Å². The van der Waals surface area contributed by atoms with Gasteiger partial charge in [0.1, 0.15) is 0 Å². The Morgan fingerprint density at radius 1 is 1.19 bits per heavy atom. The highest BCUT2D eigenvalue weighted by Gasteiger charge is 2.37. The normalized spacial score (nSPS) is 32.9. The molecular formula is C12H16ClN3. The number of hydrogen-bond acceptors (Lipinski definition) is 3. The predicted octanol–water partition coefficient (Wildman–Crippen LogP) is 1.92. The maximum Gasteiger partial charge on any atom is 0.151 e. The Morgan fingerprint density at radius 2 is 1.94 bits per heavy atom. The first-order chi connectivity index (χ1) is 7.81. The van der Waals surface area contributed by atoms with Crippen LogP contribution in [0.5, 0.6) is 0 Å². The molecule has 0 aromatic carbocycles. The van der Waals surface area contributed by atoms with Gasteiger partial charge in [0.15, 0.2) is 5.15 Å².